The second-order valence-corrected chi connectivity index (χ2v) is 6.46. The highest BCUT2D eigenvalue weighted by Crippen LogP contribution is 2.30. The smallest absolute Gasteiger partial charge is 0.343 e. The topological polar surface area (TPSA) is 66.8 Å². The molecule has 2 aromatic carbocycles. The number of nitrogens with zero attached hydrogens (tertiary/aromatic N) is 1. The van der Waals surface area contributed by atoms with Crippen LogP contribution in [-0.4, -0.2) is 21.3 Å². The molecule has 2 aromatic rings. The van der Waals surface area contributed by atoms with Crippen molar-refractivity contribution in [2.45, 2.75) is 20.0 Å². The molecule has 1 unspecified atom stereocenters. The monoisotopic (exact) mass is 385 g/mol. The number of anilines is 1. The SMILES string of the molecule is CCCN(c1ccc(Cl)c(C(=O)OCc2ccccc2)c1F)S(=O)O. The van der Waals surface area contributed by atoms with E-state index >= 15 is 0 Å². The van der Waals surface area contributed by atoms with Crippen LogP contribution >= 0.6 is 11.6 Å². The maximum atomic E-state index is 14.8. The van der Waals surface area contributed by atoms with Crippen LogP contribution in [0.1, 0.15) is 29.3 Å². The number of rotatable bonds is 7. The number of ether oxygens (including phenoxy) is 1. The summed E-state index contributed by atoms with van der Waals surface area (Å²) in [7, 11) is 0. The van der Waals surface area contributed by atoms with E-state index in [0.29, 0.717) is 6.42 Å². The van der Waals surface area contributed by atoms with E-state index in [1.807, 2.05) is 6.07 Å². The van der Waals surface area contributed by atoms with Crippen molar-refractivity contribution in [3.05, 3.63) is 64.4 Å². The van der Waals surface area contributed by atoms with Gasteiger partial charge in [-0.25, -0.2) is 13.4 Å². The van der Waals surface area contributed by atoms with Crippen LogP contribution in [0.25, 0.3) is 0 Å². The van der Waals surface area contributed by atoms with Crippen LogP contribution < -0.4 is 4.31 Å². The first-order valence-electron chi connectivity index (χ1n) is 7.53. The first-order chi connectivity index (χ1) is 12.0. The molecule has 0 saturated heterocycles. The van der Waals surface area contributed by atoms with Crippen molar-refractivity contribution in [1.82, 2.24) is 0 Å². The molecule has 0 saturated carbocycles. The van der Waals surface area contributed by atoms with Crippen LogP contribution in [0.3, 0.4) is 0 Å². The van der Waals surface area contributed by atoms with E-state index in [9.17, 15) is 17.9 Å². The van der Waals surface area contributed by atoms with E-state index in [1.165, 1.54) is 12.1 Å². The van der Waals surface area contributed by atoms with Crippen LogP contribution in [-0.2, 0) is 22.6 Å². The largest absolute Gasteiger partial charge is 0.457 e. The summed E-state index contributed by atoms with van der Waals surface area (Å²) < 4.78 is 41.6. The lowest BCUT2D eigenvalue weighted by Crippen LogP contribution is -2.27. The first-order valence-corrected chi connectivity index (χ1v) is 8.97. The molecule has 5 nitrogen and oxygen atoms in total. The summed E-state index contributed by atoms with van der Waals surface area (Å²) in [6.07, 6.45) is 0.516. The quantitative estimate of drug-likeness (QED) is 0.573. The van der Waals surface area contributed by atoms with Gasteiger partial charge in [0.25, 0.3) is 11.3 Å². The molecule has 0 spiro atoms. The van der Waals surface area contributed by atoms with Gasteiger partial charge < -0.3 is 4.74 Å². The van der Waals surface area contributed by atoms with Gasteiger partial charge in [-0.1, -0.05) is 48.9 Å². The Bertz CT molecular complexity index is 773. The van der Waals surface area contributed by atoms with Crippen LogP contribution in [0.2, 0.25) is 5.02 Å². The molecule has 0 aliphatic rings. The zero-order valence-electron chi connectivity index (χ0n) is 13.4. The Kier molecular flexibility index (Phi) is 6.92. The van der Waals surface area contributed by atoms with Gasteiger partial charge in [-0.05, 0) is 24.1 Å². The highest BCUT2D eigenvalue weighted by atomic mass is 35.5. The van der Waals surface area contributed by atoms with Crippen LogP contribution in [0.15, 0.2) is 42.5 Å². The molecule has 0 aliphatic heterocycles. The van der Waals surface area contributed by atoms with Crippen molar-refractivity contribution in [2.75, 3.05) is 10.8 Å². The van der Waals surface area contributed by atoms with Gasteiger partial charge in [0.15, 0.2) is 5.82 Å². The Morgan fingerprint density at radius 1 is 1.28 bits per heavy atom. The lowest BCUT2D eigenvalue weighted by atomic mass is 10.1. The summed E-state index contributed by atoms with van der Waals surface area (Å²) in [5, 5.41) is -0.125. The fraction of sp³-hybridized carbons (Fsp3) is 0.235. The minimum atomic E-state index is -2.43. The Hall–Kier alpha value is -1.96. The van der Waals surface area contributed by atoms with Crippen LogP contribution in [0.4, 0.5) is 10.1 Å². The molecule has 0 fully saturated rings. The molecule has 0 aliphatic carbocycles. The molecule has 25 heavy (non-hydrogen) atoms. The lowest BCUT2D eigenvalue weighted by molar-refractivity contribution is 0.0467. The molecule has 134 valence electrons. The first kappa shape index (κ1) is 19.4. The summed E-state index contributed by atoms with van der Waals surface area (Å²) >= 11 is 3.51. The van der Waals surface area contributed by atoms with Crippen molar-refractivity contribution in [2.24, 2.45) is 0 Å². The van der Waals surface area contributed by atoms with Gasteiger partial charge in [-0.2, -0.15) is 0 Å². The third-order valence-corrected chi connectivity index (χ3v) is 4.44. The van der Waals surface area contributed by atoms with Gasteiger partial charge in [0.1, 0.15) is 12.2 Å². The van der Waals surface area contributed by atoms with Gasteiger partial charge in [0, 0.05) is 6.54 Å². The number of esters is 1. The fourth-order valence-corrected chi connectivity index (χ4v) is 3.07. The lowest BCUT2D eigenvalue weighted by Gasteiger charge is -2.21. The fourth-order valence-electron chi connectivity index (χ4n) is 2.20. The summed E-state index contributed by atoms with van der Waals surface area (Å²) in [5.74, 6) is -1.92. The van der Waals surface area contributed by atoms with Crippen molar-refractivity contribution >= 4 is 34.5 Å². The minimum absolute atomic E-state index is 0.0374. The summed E-state index contributed by atoms with van der Waals surface area (Å²) in [4.78, 5) is 12.3. The summed E-state index contributed by atoms with van der Waals surface area (Å²) in [6, 6.07) is 11.5. The van der Waals surface area contributed by atoms with Crippen molar-refractivity contribution in [1.29, 1.82) is 0 Å². The zero-order valence-corrected chi connectivity index (χ0v) is 15.0. The molecule has 1 atom stereocenters. The number of carbonyl (C=O) groups excluding carboxylic acids is 1. The maximum Gasteiger partial charge on any atom is 0.343 e. The predicted molar refractivity (Wildman–Crippen MR) is 95.4 cm³/mol. The van der Waals surface area contributed by atoms with E-state index in [4.69, 9.17) is 16.3 Å². The zero-order chi connectivity index (χ0) is 18.4. The van der Waals surface area contributed by atoms with Crippen LogP contribution in [0.5, 0.6) is 0 Å². The van der Waals surface area contributed by atoms with Gasteiger partial charge in [-0.3, -0.25) is 8.86 Å². The predicted octanol–water partition coefficient (Wildman–Crippen LogP) is 4.19. The maximum absolute atomic E-state index is 14.8. The van der Waals surface area contributed by atoms with Crippen molar-refractivity contribution in [3.63, 3.8) is 0 Å². The molecule has 0 amide bonds. The molecule has 8 heteroatoms. The van der Waals surface area contributed by atoms with E-state index in [1.54, 1.807) is 31.2 Å². The Labute approximate surface area is 152 Å². The summed E-state index contributed by atoms with van der Waals surface area (Å²) in [5.41, 5.74) is 0.105. The van der Waals surface area contributed by atoms with E-state index in [0.717, 1.165) is 9.87 Å². The molecular formula is C17H17ClFNO4S. The molecular weight excluding hydrogens is 369 g/mol. The van der Waals surface area contributed by atoms with Gasteiger partial charge >= 0.3 is 5.97 Å². The number of benzene rings is 2. The third kappa shape index (κ3) is 4.78. The molecule has 0 radical (unpaired) electrons. The second-order valence-electron chi connectivity index (χ2n) is 5.15. The van der Waals surface area contributed by atoms with E-state index in [2.05, 4.69) is 0 Å². The Morgan fingerprint density at radius 2 is 1.96 bits per heavy atom. The van der Waals surface area contributed by atoms with Crippen LogP contribution in [0, 0.1) is 5.82 Å². The summed E-state index contributed by atoms with van der Waals surface area (Å²) in [6.45, 7) is 1.88. The number of hydrogen-bond donors (Lipinski definition) is 1. The highest BCUT2D eigenvalue weighted by molar-refractivity contribution is 7.80. The van der Waals surface area contributed by atoms with Crippen molar-refractivity contribution < 1.29 is 22.7 Å². The molecule has 1 N–H and O–H groups in total. The normalized spacial score (nSPS) is 11.8. The second kappa shape index (κ2) is 8.94. The van der Waals surface area contributed by atoms with Crippen molar-refractivity contribution in [3.8, 4) is 0 Å². The molecule has 0 bridgehead atoms. The Morgan fingerprint density at radius 3 is 2.56 bits per heavy atom. The molecule has 0 aromatic heterocycles. The molecule has 0 heterocycles. The van der Waals surface area contributed by atoms with E-state index in [-0.39, 0.29) is 23.9 Å². The average Bonchev–Trinajstić information content (AvgIpc) is 2.59. The highest BCUT2D eigenvalue weighted by Gasteiger charge is 2.25. The number of halogens is 2. The molecule has 2 rings (SSSR count). The standard InChI is InChI=1S/C17H17ClFNO4S/c1-2-10-20(25(22)23)14-9-8-13(18)15(16(14)19)17(21)24-11-12-6-4-3-5-7-12/h3-9H,2,10-11H2,1H3,(H,22,23). The van der Waals surface area contributed by atoms with E-state index < -0.39 is 28.6 Å². The number of carbonyl (C=O) groups is 1. The van der Waals surface area contributed by atoms with Gasteiger partial charge in [0.05, 0.1) is 10.7 Å². The minimum Gasteiger partial charge on any atom is -0.457 e. The van der Waals surface area contributed by atoms with Gasteiger partial charge in [-0.15, -0.1) is 0 Å². The number of hydrogen-bond acceptors (Lipinski definition) is 3. The third-order valence-electron chi connectivity index (χ3n) is 3.37. The van der Waals surface area contributed by atoms with Gasteiger partial charge in [0.2, 0.25) is 0 Å². The average molecular weight is 386 g/mol. The Balaban J connectivity index is 2.29.